The van der Waals surface area contributed by atoms with Crippen LogP contribution in [0.2, 0.25) is 0 Å². The summed E-state index contributed by atoms with van der Waals surface area (Å²) in [5.74, 6) is 1.09. The van der Waals surface area contributed by atoms with Crippen molar-refractivity contribution >= 4 is 39.5 Å². The van der Waals surface area contributed by atoms with Gasteiger partial charge in [-0.05, 0) is 58.0 Å². The largest absolute Gasteiger partial charge is 0.489 e. The van der Waals surface area contributed by atoms with Gasteiger partial charge in [0.1, 0.15) is 23.7 Å². The van der Waals surface area contributed by atoms with E-state index in [0.29, 0.717) is 12.4 Å². The lowest BCUT2D eigenvalue weighted by molar-refractivity contribution is -0.139. The maximum atomic E-state index is 11.7. The first-order valence-electron chi connectivity index (χ1n) is 9.85. The molecule has 0 aliphatic carbocycles. The number of fused-ring (bicyclic) bond motifs is 1. The molecule has 0 amide bonds. The Labute approximate surface area is 194 Å². The van der Waals surface area contributed by atoms with Gasteiger partial charge in [-0.25, -0.2) is 0 Å². The first kappa shape index (κ1) is 21.4. The molecule has 6 heteroatoms. The number of methoxy groups -OCH3 is 1. The number of halogens is 1. The van der Waals surface area contributed by atoms with E-state index < -0.39 is 0 Å². The third kappa shape index (κ3) is 4.91. The number of hydrogen-bond acceptors (Lipinski definition) is 5. The number of carbonyl (C=O) groups excluding carboxylic acids is 1. The van der Waals surface area contributed by atoms with E-state index in [0.717, 1.165) is 37.0 Å². The van der Waals surface area contributed by atoms with Gasteiger partial charge in [0.25, 0.3) is 0 Å². The number of benzene rings is 3. The molecule has 1 heterocycles. The van der Waals surface area contributed by atoms with E-state index >= 15 is 0 Å². The van der Waals surface area contributed by atoms with Crippen LogP contribution in [0.3, 0.4) is 0 Å². The van der Waals surface area contributed by atoms with Crippen LogP contribution in [0.15, 0.2) is 77.2 Å². The smallest absolute Gasteiger partial charge is 0.310 e. The standard InChI is InChI=1S/C25H22INO4/c1-29-23(28)14-18-9-5-6-10-21(18)30-15-16-11-19-13-22(31-25(19)20(26)12-16)24(27)17-7-3-2-4-8-17/h2-13,24H,14-15,27H2,1H3. The summed E-state index contributed by atoms with van der Waals surface area (Å²) in [6.45, 7) is 0.370. The molecule has 0 aliphatic heterocycles. The van der Waals surface area contributed by atoms with Crippen LogP contribution >= 0.6 is 22.6 Å². The summed E-state index contributed by atoms with van der Waals surface area (Å²) in [6, 6.07) is 23.1. The van der Waals surface area contributed by atoms with Gasteiger partial charge in [0, 0.05) is 10.9 Å². The third-order valence-corrected chi connectivity index (χ3v) is 5.85. The maximum Gasteiger partial charge on any atom is 0.310 e. The van der Waals surface area contributed by atoms with E-state index in [1.54, 1.807) is 0 Å². The molecule has 0 spiro atoms. The fourth-order valence-electron chi connectivity index (χ4n) is 3.43. The summed E-state index contributed by atoms with van der Waals surface area (Å²) in [5, 5.41) is 0.981. The fourth-order valence-corrected chi connectivity index (χ4v) is 4.25. The van der Waals surface area contributed by atoms with Gasteiger partial charge in [-0.3, -0.25) is 4.79 Å². The van der Waals surface area contributed by atoms with Crippen molar-refractivity contribution < 1.29 is 18.7 Å². The van der Waals surface area contributed by atoms with Crippen LogP contribution in [-0.4, -0.2) is 13.1 Å². The van der Waals surface area contributed by atoms with Crippen LogP contribution in [0.4, 0.5) is 0 Å². The summed E-state index contributed by atoms with van der Waals surface area (Å²) in [5.41, 5.74) is 10.0. The normalized spacial score (nSPS) is 12.0. The zero-order valence-electron chi connectivity index (χ0n) is 17.0. The number of ether oxygens (including phenoxy) is 2. The zero-order chi connectivity index (χ0) is 21.8. The average molecular weight is 527 g/mol. The predicted molar refractivity (Wildman–Crippen MR) is 128 cm³/mol. The highest BCUT2D eigenvalue weighted by molar-refractivity contribution is 14.1. The van der Waals surface area contributed by atoms with E-state index in [2.05, 4.69) is 22.6 Å². The van der Waals surface area contributed by atoms with Crippen LogP contribution in [0.5, 0.6) is 5.75 Å². The van der Waals surface area contributed by atoms with Crippen molar-refractivity contribution in [3.05, 3.63) is 98.8 Å². The Hall–Kier alpha value is -2.84. The Balaban J connectivity index is 1.55. The minimum atomic E-state index is -0.325. The topological polar surface area (TPSA) is 74.7 Å². The molecular weight excluding hydrogens is 505 g/mol. The molecule has 4 aromatic rings. The molecule has 0 saturated heterocycles. The number of furan rings is 1. The molecule has 5 nitrogen and oxygen atoms in total. The van der Waals surface area contributed by atoms with Crippen LogP contribution in [0, 0.1) is 3.57 Å². The summed E-state index contributed by atoms with van der Waals surface area (Å²) < 4.78 is 17.9. The van der Waals surface area contributed by atoms with Gasteiger partial charge in [-0.15, -0.1) is 0 Å². The fraction of sp³-hybridized carbons (Fsp3) is 0.160. The SMILES string of the molecule is COC(=O)Cc1ccccc1OCc1cc(I)c2oc(C(N)c3ccccc3)cc2c1. The van der Waals surface area contributed by atoms with E-state index in [-0.39, 0.29) is 18.4 Å². The van der Waals surface area contributed by atoms with Crippen LogP contribution in [0.1, 0.15) is 28.5 Å². The molecule has 2 N–H and O–H groups in total. The number of hydrogen-bond donors (Lipinski definition) is 1. The minimum Gasteiger partial charge on any atom is -0.489 e. The molecule has 31 heavy (non-hydrogen) atoms. The van der Waals surface area contributed by atoms with Crippen molar-refractivity contribution in [2.45, 2.75) is 19.1 Å². The number of para-hydroxylation sites is 1. The molecule has 1 atom stereocenters. The summed E-state index contributed by atoms with van der Waals surface area (Å²) in [7, 11) is 1.38. The molecule has 0 bridgehead atoms. The van der Waals surface area contributed by atoms with Crippen molar-refractivity contribution in [2.75, 3.05) is 7.11 Å². The van der Waals surface area contributed by atoms with Crippen LogP contribution in [-0.2, 0) is 22.6 Å². The quantitative estimate of drug-likeness (QED) is 0.258. The van der Waals surface area contributed by atoms with Gasteiger partial charge in [0.2, 0.25) is 0 Å². The average Bonchev–Trinajstić information content (AvgIpc) is 3.23. The number of esters is 1. The third-order valence-electron chi connectivity index (χ3n) is 5.04. The second kappa shape index (κ2) is 9.53. The molecule has 1 aromatic heterocycles. The van der Waals surface area contributed by atoms with Gasteiger partial charge in [-0.1, -0.05) is 48.5 Å². The van der Waals surface area contributed by atoms with E-state index in [1.165, 1.54) is 7.11 Å². The molecule has 4 rings (SSSR count). The van der Waals surface area contributed by atoms with Gasteiger partial charge in [-0.2, -0.15) is 0 Å². The lowest BCUT2D eigenvalue weighted by atomic mass is 10.1. The highest BCUT2D eigenvalue weighted by Crippen LogP contribution is 2.31. The van der Waals surface area contributed by atoms with Crippen molar-refractivity contribution in [3.63, 3.8) is 0 Å². The zero-order valence-corrected chi connectivity index (χ0v) is 19.2. The Kier molecular flexibility index (Phi) is 6.58. The van der Waals surface area contributed by atoms with Gasteiger partial charge in [0.15, 0.2) is 0 Å². The Morgan fingerprint density at radius 1 is 1.06 bits per heavy atom. The molecule has 0 radical (unpaired) electrons. The molecular formula is C25H22INO4. The van der Waals surface area contributed by atoms with Gasteiger partial charge in [0.05, 0.1) is 23.1 Å². The number of nitrogens with two attached hydrogens (primary N) is 1. The molecule has 1 unspecified atom stereocenters. The summed E-state index contributed by atoms with van der Waals surface area (Å²) in [6.07, 6.45) is 0.172. The molecule has 0 aliphatic rings. The maximum absolute atomic E-state index is 11.7. The highest BCUT2D eigenvalue weighted by atomic mass is 127. The van der Waals surface area contributed by atoms with E-state index in [9.17, 15) is 4.79 Å². The monoisotopic (exact) mass is 527 g/mol. The molecule has 3 aromatic carbocycles. The lowest BCUT2D eigenvalue weighted by Gasteiger charge is -2.11. The Morgan fingerprint density at radius 3 is 2.58 bits per heavy atom. The second-order valence-corrected chi connectivity index (χ2v) is 8.34. The minimum absolute atomic E-state index is 0.172. The lowest BCUT2D eigenvalue weighted by Crippen LogP contribution is -2.10. The number of rotatable bonds is 7. The van der Waals surface area contributed by atoms with Crippen LogP contribution < -0.4 is 10.5 Å². The Morgan fingerprint density at radius 2 is 1.81 bits per heavy atom. The van der Waals surface area contributed by atoms with Crippen LogP contribution in [0.25, 0.3) is 11.0 Å². The van der Waals surface area contributed by atoms with Crippen molar-refractivity contribution in [3.8, 4) is 5.75 Å². The van der Waals surface area contributed by atoms with Gasteiger partial charge >= 0.3 is 5.97 Å². The summed E-state index contributed by atoms with van der Waals surface area (Å²) in [4.78, 5) is 11.7. The Bertz CT molecular complexity index is 1200. The van der Waals surface area contributed by atoms with E-state index in [4.69, 9.17) is 19.6 Å². The summed E-state index contributed by atoms with van der Waals surface area (Å²) >= 11 is 2.27. The molecule has 0 saturated carbocycles. The van der Waals surface area contributed by atoms with E-state index in [1.807, 2.05) is 72.8 Å². The highest BCUT2D eigenvalue weighted by Gasteiger charge is 2.16. The van der Waals surface area contributed by atoms with Gasteiger partial charge < -0.3 is 19.6 Å². The van der Waals surface area contributed by atoms with Crippen molar-refractivity contribution in [1.82, 2.24) is 0 Å². The van der Waals surface area contributed by atoms with Crippen molar-refractivity contribution in [1.29, 1.82) is 0 Å². The van der Waals surface area contributed by atoms with Crippen molar-refractivity contribution in [2.24, 2.45) is 5.73 Å². The second-order valence-electron chi connectivity index (χ2n) is 7.18. The first-order chi connectivity index (χ1) is 15.0. The molecule has 0 fully saturated rings. The first-order valence-corrected chi connectivity index (χ1v) is 10.9. The predicted octanol–water partition coefficient (Wildman–Crippen LogP) is 5.38. The number of carbonyl (C=O) groups is 1. The molecule has 158 valence electrons.